The van der Waals surface area contributed by atoms with E-state index in [1.807, 2.05) is 0 Å². The summed E-state index contributed by atoms with van der Waals surface area (Å²) < 4.78 is 16.8. The lowest BCUT2D eigenvalue weighted by Gasteiger charge is -2.18. The smallest absolute Gasteiger partial charge is 0.306 e. The number of rotatable bonds is 48. The summed E-state index contributed by atoms with van der Waals surface area (Å²) in [6.07, 6.45) is 48.2. The third-order valence-corrected chi connectivity index (χ3v) is 12.2. The number of esters is 3. The van der Waals surface area contributed by atoms with Gasteiger partial charge in [0.25, 0.3) is 0 Å². The number of carbonyl (C=O) groups is 3. The molecule has 0 aliphatic heterocycles. The molecule has 0 aromatic carbocycles. The van der Waals surface area contributed by atoms with Crippen LogP contribution in [-0.2, 0) is 28.6 Å². The largest absolute Gasteiger partial charge is 0.462 e. The van der Waals surface area contributed by atoms with Gasteiger partial charge in [0.15, 0.2) is 6.10 Å². The van der Waals surface area contributed by atoms with Gasteiger partial charge in [-0.25, -0.2) is 0 Å². The van der Waals surface area contributed by atoms with E-state index in [4.69, 9.17) is 14.2 Å². The topological polar surface area (TPSA) is 78.9 Å². The fourth-order valence-electron chi connectivity index (χ4n) is 8.17. The minimum atomic E-state index is -0.761. The standard InChI is InChI=1S/C54H104O6/c1-6-7-8-9-10-11-20-24-29-34-39-44-52(55)58-47-51(60-54(57)46-41-36-31-26-28-33-38-43-50(4)5)48-59-53(56)45-40-35-30-25-22-19-17-15-13-12-14-16-18-21-23-27-32-37-42-49(2)3/h49-51H,6-48H2,1-5H3/t51-/m1/s1. The van der Waals surface area contributed by atoms with Crippen molar-refractivity contribution in [3.8, 4) is 0 Å². The van der Waals surface area contributed by atoms with Crippen molar-refractivity contribution in [3.63, 3.8) is 0 Å². The van der Waals surface area contributed by atoms with Gasteiger partial charge < -0.3 is 14.2 Å². The molecule has 0 aliphatic carbocycles. The Morgan fingerprint density at radius 1 is 0.317 bits per heavy atom. The van der Waals surface area contributed by atoms with Crippen LogP contribution in [0, 0.1) is 11.8 Å². The summed E-state index contributed by atoms with van der Waals surface area (Å²) in [5.74, 6) is 0.786. The van der Waals surface area contributed by atoms with Crippen molar-refractivity contribution in [2.24, 2.45) is 11.8 Å². The fourth-order valence-corrected chi connectivity index (χ4v) is 8.17. The average Bonchev–Trinajstić information content (AvgIpc) is 3.22. The molecule has 6 heteroatoms. The van der Waals surface area contributed by atoms with Crippen LogP contribution < -0.4 is 0 Å². The summed E-state index contributed by atoms with van der Waals surface area (Å²) in [7, 11) is 0. The van der Waals surface area contributed by atoms with Gasteiger partial charge >= 0.3 is 17.9 Å². The summed E-state index contributed by atoms with van der Waals surface area (Å²) in [5.41, 5.74) is 0. The maximum Gasteiger partial charge on any atom is 0.306 e. The molecule has 0 rings (SSSR count). The maximum absolute atomic E-state index is 12.7. The number of unbranched alkanes of at least 4 members (excludes halogenated alkanes) is 33. The zero-order valence-electron chi connectivity index (χ0n) is 41.1. The van der Waals surface area contributed by atoms with Crippen LogP contribution in [0.15, 0.2) is 0 Å². The fraction of sp³-hybridized carbons (Fsp3) is 0.944. The minimum Gasteiger partial charge on any atom is -0.462 e. The van der Waals surface area contributed by atoms with Crippen LogP contribution in [-0.4, -0.2) is 37.2 Å². The van der Waals surface area contributed by atoms with Gasteiger partial charge in [-0.05, 0) is 31.1 Å². The van der Waals surface area contributed by atoms with Gasteiger partial charge in [-0.15, -0.1) is 0 Å². The van der Waals surface area contributed by atoms with Crippen LogP contribution in [0.1, 0.15) is 298 Å². The van der Waals surface area contributed by atoms with Gasteiger partial charge in [0.2, 0.25) is 0 Å². The molecule has 0 fully saturated rings. The Balaban J connectivity index is 4.17. The van der Waals surface area contributed by atoms with Gasteiger partial charge in [-0.3, -0.25) is 14.4 Å². The summed E-state index contributed by atoms with van der Waals surface area (Å²) in [6.45, 7) is 11.3. The second-order valence-electron chi connectivity index (χ2n) is 19.5. The van der Waals surface area contributed by atoms with Crippen molar-refractivity contribution in [1.29, 1.82) is 0 Å². The lowest BCUT2D eigenvalue weighted by atomic mass is 10.0. The zero-order chi connectivity index (χ0) is 44.0. The molecular formula is C54H104O6. The minimum absolute atomic E-state index is 0.0641. The third-order valence-electron chi connectivity index (χ3n) is 12.2. The second kappa shape index (κ2) is 46.9. The van der Waals surface area contributed by atoms with Crippen molar-refractivity contribution in [1.82, 2.24) is 0 Å². The first-order valence-electron chi connectivity index (χ1n) is 26.7. The van der Waals surface area contributed by atoms with E-state index in [0.717, 1.165) is 69.6 Å². The molecule has 0 aromatic rings. The molecule has 0 radical (unpaired) electrons. The Kier molecular flexibility index (Phi) is 45.7. The molecule has 0 saturated carbocycles. The van der Waals surface area contributed by atoms with Crippen LogP contribution in [0.5, 0.6) is 0 Å². The Morgan fingerprint density at radius 2 is 0.550 bits per heavy atom. The molecule has 0 bridgehead atoms. The van der Waals surface area contributed by atoms with E-state index in [1.165, 1.54) is 186 Å². The van der Waals surface area contributed by atoms with E-state index in [2.05, 4.69) is 34.6 Å². The summed E-state index contributed by atoms with van der Waals surface area (Å²) in [4.78, 5) is 37.9. The van der Waals surface area contributed by atoms with Crippen molar-refractivity contribution < 1.29 is 28.6 Å². The highest BCUT2D eigenvalue weighted by Crippen LogP contribution is 2.18. The second-order valence-corrected chi connectivity index (χ2v) is 19.5. The lowest BCUT2D eigenvalue weighted by molar-refractivity contribution is -0.167. The predicted octanol–water partition coefficient (Wildman–Crippen LogP) is 17.3. The first-order chi connectivity index (χ1) is 29.2. The molecule has 60 heavy (non-hydrogen) atoms. The molecule has 1 atom stereocenters. The van der Waals surface area contributed by atoms with Crippen molar-refractivity contribution in [2.75, 3.05) is 13.2 Å². The number of carbonyl (C=O) groups excluding carboxylic acids is 3. The van der Waals surface area contributed by atoms with Crippen LogP contribution in [0.3, 0.4) is 0 Å². The molecule has 0 unspecified atom stereocenters. The normalized spacial score (nSPS) is 12.1. The molecular weight excluding hydrogens is 745 g/mol. The van der Waals surface area contributed by atoms with Crippen molar-refractivity contribution >= 4 is 17.9 Å². The SMILES string of the molecule is CCCCCCCCCCCCCC(=O)OC[C@H](COC(=O)CCCCCCCCCCCCCCCCCCCCC(C)C)OC(=O)CCCCCCCCCC(C)C. The third kappa shape index (κ3) is 47.5. The molecule has 0 aliphatic rings. The molecule has 356 valence electrons. The molecule has 0 heterocycles. The van der Waals surface area contributed by atoms with Gasteiger partial charge in [0.05, 0.1) is 0 Å². The molecule has 0 spiro atoms. The van der Waals surface area contributed by atoms with E-state index in [0.29, 0.717) is 19.3 Å². The first kappa shape index (κ1) is 58.4. The highest BCUT2D eigenvalue weighted by Gasteiger charge is 2.19. The predicted molar refractivity (Wildman–Crippen MR) is 256 cm³/mol. The number of ether oxygens (including phenoxy) is 3. The number of hydrogen-bond donors (Lipinski definition) is 0. The lowest BCUT2D eigenvalue weighted by Crippen LogP contribution is -2.30. The van der Waals surface area contributed by atoms with E-state index >= 15 is 0 Å². The van der Waals surface area contributed by atoms with Crippen LogP contribution >= 0.6 is 0 Å². The van der Waals surface area contributed by atoms with Gasteiger partial charge in [-0.2, -0.15) is 0 Å². The van der Waals surface area contributed by atoms with E-state index in [9.17, 15) is 14.4 Å². The molecule has 0 saturated heterocycles. The molecule has 6 nitrogen and oxygen atoms in total. The quantitative estimate of drug-likeness (QED) is 0.0345. The van der Waals surface area contributed by atoms with Gasteiger partial charge in [-0.1, -0.05) is 259 Å². The van der Waals surface area contributed by atoms with E-state index < -0.39 is 6.10 Å². The van der Waals surface area contributed by atoms with Crippen LogP contribution in [0.2, 0.25) is 0 Å². The molecule has 0 aromatic heterocycles. The average molecular weight is 849 g/mol. The Hall–Kier alpha value is -1.59. The van der Waals surface area contributed by atoms with Gasteiger partial charge in [0, 0.05) is 19.3 Å². The molecule has 0 amide bonds. The highest BCUT2D eigenvalue weighted by atomic mass is 16.6. The van der Waals surface area contributed by atoms with Crippen molar-refractivity contribution in [3.05, 3.63) is 0 Å². The Morgan fingerprint density at radius 3 is 0.817 bits per heavy atom. The summed E-state index contributed by atoms with van der Waals surface area (Å²) >= 11 is 0. The van der Waals surface area contributed by atoms with Crippen molar-refractivity contribution in [2.45, 2.75) is 304 Å². The molecule has 0 N–H and O–H groups in total. The van der Waals surface area contributed by atoms with Crippen LogP contribution in [0.4, 0.5) is 0 Å². The monoisotopic (exact) mass is 849 g/mol. The summed E-state index contributed by atoms with van der Waals surface area (Å²) in [6, 6.07) is 0. The van der Waals surface area contributed by atoms with Gasteiger partial charge in [0.1, 0.15) is 13.2 Å². The van der Waals surface area contributed by atoms with Crippen LogP contribution in [0.25, 0.3) is 0 Å². The zero-order valence-corrected chi connectivity index (χ0v) is 41.1. The first-order valence-corrected chi connectivity index (χ1v) is 26.7. The maximum atomic E-state index is 12.7. The summed E-state index contributed by atoms with van der Waals surface area (Å²) in [5, 5.41) is 0. The highest BCUT2D eigenvalue weighted by molar-refractivity contribution is 5.71. The van der Waals surface area contributed by atoms with E-state index in [1.54, 1.807) is 0 Å². The van der Waals surface area contributed by atoms with E-state index in [-0.39, 0.29) is 31.1 Å². The number of hydrogen-bond acceptors (Lipinski definition) is 6. The Labute approximate surface area is 374 Å². The Bertz CT molecular complexity index is 916.